The molecule has 2 heteroatoms. The predicted molar refractivity (Wildman–Crippen MR) is 289 cm³/mol. The summed E-state index contributed by atoms with van der Waals surface area (Å²) in [6.45, 7) is -5.85. The van der Waals surface area contributed by atoms with Crippen LogP contribution in [0, 0.1) is 0 Å². The van der Waals surface area contributed by atoms with Crippen molar-refractivity contribution in [3.63, 3.8) is 0 Å². The second kappa shape index (κ2) is 15.4. The monoisotopic (exact) mass is 899 g/mol. The first-order chi connectivity index (χ1) is 37.0. The number of nitrogens with zero attached hydrogens (tertiary/aromatic N) is 1. The summed E-state index contributed by atoms with van der Waals surface area (Å²) >= 11 is 0. The van der Waals surface area contributed by atoms with Crippen molar-refractivity contribution in [2.45, 2.75) is 24.5 Å². The standard InChI is InChI=1S/C68H47NO/c1-67(2)58-32-17-15-28-53(58)55-40-38-51(43-61(55)67)69(49-36-34-45(35-37-49)44-20-7-3-8-21-44)50-39-41-60-57(42-50)54-29-16-18-33-59(54)68(60)63-52(46-22-9-4-10-23-46)30-19-31-56(63)66-64(68)62(47-24-11-5-12-25-47)65(70-66)48-26-13-6-14-27-48/h3-43H,1-2H3/i1D3,2D3. The van der Waals surface area contributed by atoms with Crippen LogP contribution in [0.3, 0.4) is 0 Å². The van der Waals surface area contributed by atoms with Gasteiger partial charge in [0.25, 0.3) is 0 Å². The van der Waals surface area contributed by atoms with Crippen LogP contribution < -0.4 is 4.90 Å². The summed E-state index contributed by atoms with van der Waals surface area (Å²) in [6.07, 6.45) is 0. The molecule has 1 heterocycles. The first kappa shape index (κ1) is 34.6. The molecule has 0 N–H and O–H groups in total. The normalized spacial score (nSPS) is 16.8. The molecule has 10 aromatic carbocycles. The first-order valence-electron chi connectivity index (χ1n) is 26.9. The van der Waals surface area contributed by atoms with E-state index in [1.807, 2.05) is 54.6 Å². The van der Waals surface area contributed by atoms with Gasteiger partial charge in [0.2, 0.25) is 0 Å². The van der Waals surface area contributed by atoms with Gasteiger partial charge in [0.15, 0.2) is 0 Å². The number of anilines is 3. The highest BCUT2D eigenvalue weighted by atomic mass is 16.3. The molecule has 11 aromatic rings. The minimum Gasteiger partial charge on any atom is -0.455 e. The molecule has 0 bridgehead atoms. The Morgan fingerprint density at radius 3 is 1.53 bits per heavy atom. The molecule has 0 saturated carbocycles. The highest BCUT2D eigenvalue weighted by Gasteiger charge is 2.56. The summed E-state index contributed by atoms with van der Waals surface area (Å²) in [6, 6.07) is 85.1. The van der Waals surface area contributed by atoms with Crippen LogP contribution in [0.1, 0.15) is 55.3 Å². The van der Waals surface area contributed by atoms with Gasteiger partial charge in [0.1, 0.15) is 11.5 Å². The van der Waals surface area contributed by atoms with Gasteiger partial charge in [-0.3, -0.25) is 0 Å². The predicted octanol–water partition coefficient (Wildman–Crippen LogP) is 18.1. The van der Waals surface area contributed by atoms with Crippen LogP contribution in [0.5, 0.6) is 0 Å². The minimum absolute atomic E-state index is 0.258. The molecule has 1 atom stereocenters. The van der Waals surface area contributed by atoms with Crippen LogP contribution in [-0.4, -0.2) is 0 Å². The van der Waals surface area contributed by atoms with Crippen LogP contribution in [0.25, 0.3) is 78.3 Å². The Morgan fingerprint density at radius 2 is 0.829 bits per heavy atom. The van der Waals surface area contributed by atoms with Gasteiger partial charge in [-0.05, 0) is 114 Å². The average molecular weight is 900 g/mol. The Morgan fingerprint density at radius 1 is 0.329 bits per heavy atom. The average Bonchev–Trinajstić information content (AvgIpc) is 4.22. The molecule has 0 radical (unpaired) electrons. The lowest BCUT2D eigenvalue weighted by Gasteiger charge is -2.33. The molecule has 1 spiro atoms. The molecule has 1 aromatic heterocycles. The Bertz CT molecular complexity index is 4060. The van der Waals surface area contributed by atoms with Crippen LogP contribution in [0.15, 0.2) is 253 Å². The third-order valence-electron chi connectivity index (χ3n) is 15.0. The van der Waals surface area contributed by atoms with E-state index in [4.69, 9.17) is 12.6 Å². The third kappa shape index (κ3) is 5.74. The van der Waals surface area contributed by atoms with Crippen molar-refractivity contribution in [3.8, 4) is 78.3 Å². The number of fused-ring (bicyclic) bond motifs is 13. The summed E-state index contributed by atoms with van der Waals surface area (Å²) in [5.41, 5.74) is 15.9. The Balaban J connectivity index is 1.05. The highest BCUT2D eigenvalue weighted by molar-refractivity contribution is 6.04. The van der Waals surface area contributed by atoms with Gasteiger partial charge < -0.3 is 9.32 Å². The number of benzene rings is 10. The van der Waals surface area contributed by atoms with Gasteiger partial charge in [0, 0.05) is 53.0 Å². The van der Waals surface area contributed by atoms with Crippen LogP contribution >= 0.6 is 0 Å². The van der Waals surface area contributed by atoms with E-state index in [2.05, 4.69) is 187 Å². The molecule has 1 unspecified atom stereocenters. The lowest BCUT2D eigenvalue weighted by atomic mass is 9.67. The highest BCUT2D eigenvalue weighted by Crippen LogP contribution is 2.68. The van der Waals surface area contributed by atoms with E-state index in [-0.39, 0.29) is 11.1 Å². The number of rotatable bonds is 7. The number of hydrogen-bond donors (Lipinski definition) is 0. The quantitative estimate of drug-likeness (QED) is 0.158. The number of hydrogen-bond acceptors (Lipinski definition) is 2. The van der Waals surface area contributed by atoms with E-state index in [0.717, 1.165) is 101 Å². The Labute approximate surface area is 417 Å². The van der Waals surface area contributed by atoms with E-state index < -0.39 is 24.5 Å². The maximum atomic E-state index is 9.08. The lowest BCUT2D eigenvalue weighted by molar-refractivity contribution is 0.596. The van der Waals surface area contributed by atoms with Gasteiger partial charge in [-0.1, -0.05) is 226 Å². The van der Waals surface area contributed by atoms with Crippen LogP contribution in [-0.2, 0) is 10.8 Å². The SMILES string of the molecule is [2H]C([2H])([2H])C1(C([2H])([2H])[2H])c2ccccc2-c2ccc(N(c3ccc(-c4ccccc4)cc3)c3ccc4c(c3)-c3ccccc3C43c4c(-c5ccccc5)cccc4-c4oc(-c5ccccc5)c(-c5ccccc5)c43)cc21. The van der Waals surface area contributed by atoms with Gasteiger partial charge in [-0.15, -0.1) is 0 Å². The maximum absolute atomic E-state index is 9.08. The molecule has 0 saturated heterocycles. The summed E-state index contributed by atoms with van der Waals surface area (Å²) in [7, 11) is 0. The molecule has 3 aliphatic carbocycles. The Hall–Kier alpha value is -8.72. The first-order valence-corrected chi connectivity index (χ1v) is 23.9. The molecule has 330 valence electrons. The van der Waals surface area contributed by atoms with Crippen molar-refractivity contribution in [2.24, 2.45) is 0 Å². The molecule has 3 aliphatic rings. The second-order valence-corrected chi connectivity index (χ2v) is 18.6. The van der Waals surface area contributed by atoms with Gasteiger partial charge in [0.05, 0.1) is 5.41 Å². The maximum Gasteiger partial charge on any atom is 0.142 e. The van der Waals surface area contributed by atoms with Crippen molar-refractivity contribution in [1.29, 1.82) is 0 Å². The fourth-order valence-corrected chi connectivity index (χ4v) is 12.0. The fourth-order valence-electron chi connectivity index (χ4n) is 12.0. The molecule has 2 nitrogen and oxygen atoms in total. The molecular weight excluding hydrogens is 847 g/mol. The topological polar surface area (TPSA) is 16.4 Å². The van der Waals surface area contributed by atoms with Crippen molar-refractivity contribution in [3.05, 3.63) is 282 Å². The smallest absolute Gasteiger partial charge is 0.142 e. The second-order valence-electron chi connectivity index (χ2n) is 18.6. The molecular formula is C68H47NO. The minimum atomic E-state index is -2.92. The van der Waals surface area contributed by atoms with Crippen LogP contribution in [0.4, 0.5) is 17.1 Å². The molecule has 70 heavy (non-hydrogen) atoms. The lowest BCUT2D eigenvalue weighted by Crippen LogP contribution is -2.27. The zero-order valence-electron chi connectivity index (χ0n) is 44.0. The zero-order valence-corrected chi connectivity index (χ0v) is 38.0. The van der Waals surface area contributed by atoms with E-state index in [1.54, 1.807) is 12.1 Å². The molecule has 0 amide bonds. The van der Waals surface area contributed by atoms with Crippen molar-refractivity contribution in [1.82, 2.24) is 0 Å². The van der Waals surface area contributed by atoms with Gasteiger partial charge >= 0.3 is 0 Å². The number of furan rings is 1. The van der Waals surface area contributed by atoms with E-state index in [1.165, 1.54) is 0 Å². The largest absolute Gasteiger partial charge is 0.455 e. The summed E-state index contributed by atoms with van der Waals surface area (Å²) in [5.74, 6) is 1.65. The van der Waals surface area contributed by atoms with Crippen molar-refractivity contribution in [2.75, 3.05) is 4.90 Å². The van der Waals surface area contributed by atoms with Crippen molar-refractivity contribution >= 4 is 17.1 Å². The molecule has 0 aliphatic heterocycles. The Kier molecular flexibility index (Phi) is 7.60. The molecule has 14 rings (SSSR count). The summed E-state index contributed by atoms with van der Waals surface area (Å²) < 4.78 is 61.9. The molecule has 0 fully saturated rings. The fraction of sp³-hybridized carbons (Fsp3) is 0.0588. The van der Waals surface area contributed by atoms with Crippen molar-refractivity contribution < 1.29 is 12.6 Å². The van der Waals surface area contributed by atoms with Gasteiger partial charge in [-0.25, -0.2) is 0 Å². The third-order valence-corrected chi connectivity index (χ3v) is 15.0. The summed E-state index contributed by atoms with van der Waals surface area (Å²) in [4.78, 5) is 2.14. The van der Waals surface area contributed by atoms with E-state index in [9.17, 15) is 0 Å². The van der Waals surface area contributed by atoms with Crippen LogP contribution in [0.2, 0.25) is 0 Å². The van der Waals surface area contributed by atoms with Gasteiger partial charge in [-0.2, -0.15) is 0 Å². The van der Waals surface area contributed by atoms with E-state index >= 15 is 0 Å². The van der Waals surface area contributed by atoms with E-state index in [0.29, 0.717) is 16.8 Å². The zero-order chi connectivity index (χ0) is 51.6. The summed E-state index contributed by atoms with van der Waals surface area (Å²) in [5, 5.41) is 0.